The fourth-order valence-corrected chi connectivity index (χ4v) is 2.33. The van der Waals surface area contributed by atoms with Crippen molar-refractivity contribution in [2.45, 2.75) is 38.0 Å². The molecule has 0 saturated carbocycles. The van der Waals surface area contributed by atoms with E-state index in [0.29, 0.717) is 25.9 Å². The van der Waals surface area contributed by atoms with Gasteiger partial charge in [0.15, 0.2) is 5.69 Å². The molecule has 1 unspecified atom stereocenters. The van der Waals surface area contributed by atoms with Gasteiger partial charge in [-0.2, -0.15) is 18.3 Å². The molecule has 1 saturated heterocycles. The third-order valence-electron chi connectivity index (χ3n) is 3.44. The average molecular weight is 290 g/mol. The van der Waals surface area contributed by atoms with E-state index in [1.165, 1.54) is 10.9 Å². The second-order valence-electron chi connectivity index (χ2n) is 5.02. The number of aromatic nitrogens is 2. The predicted octanol–water partition coefficient (Wildman–Crippen LogP) is 1.41. The molecule has 0 spiro atoms. The molecule has 1 amide bonds. The molecule has 2 heterocycles. The molecule has 112 valence electrons. The van der Waals surface area contributed by atoms with E-state index in [2.05, 4.69) is 5.10 Å². The van der Waals surface area contributed by atoms with Gasteiger partial charge in [-0.1, -0.05) is 0 Å². The number of nitrogens with two attached hydrogens (primary N) is 1. The minimum Gasteiger partial charge on any atom is -0.341 e. The van der Waals surface area contributed by atoms with Crippen LogP contribution in [0.4, 0.5) is 13.2 Å². The monoisotopic (exact) mass is 290 g/mol. The number of alkyl halides is 3. The standard InChI is InChI=1S/C12H17F3N4O/c1-8(16)11(20)18-5-2-9(3-6-18)19-7-4-10(17-19)12(13,14)15/h4,7-9H,2-3,5-6,16H2,1H3. The SMILES string of the molecule is CC(N)C(=O)N1CCC(n2ccc(C(F)(F)F)n2)CC1. The van der Waals surface area contributed by atoms with E-state index in [9.17, 15) is 18.0 Å². The van der Waals surface area contributed by atoms with Crippen molar-refractivity contribution in [3.8, 4) is 0 Å². The molecule has 1 atom stereocenters. The summed E-state index contributed by atoms with van der Waals surface area (Å²) in [5, 5.41) is 3.57. The van der Waals surface area contributed by atoms with E-state index in [4.69, 9.17) is 5.73 Å². The number of carbonyl (C=O) groups is 1. The van der Waals surface area contributed by atoms with E-state index in [1.807, 2.05) is 0 Å². The third-order valence-corrected chi connectivity index (χ3v) is 3.44. The minimum absolute atomic E-state index is 0.108. The van der Waals surface area contributed by atoms with Crippen LogP contribution in [0.1, 0.15) is 31.5 Å². The molecule has 1 aromatic rings. The molecule has 0 aromatic carbocycles. The van der Waals surface area contributed by atoms with Gasteiger partial charge in [-0.25, -0.2) is 0 Å². The number of piperidine rings is 1. The van der Waals surface area contributed by atoms with Crippen LogP contribution in [0.5, 0.6) is 0 Å². The Morgan fingerprint density at radius 2 is 2.05 bits per heavy atom. The molecular weight excluding hydrogens is 273 g/mol. The van der Waals surface area contributed by atoms with Gasteiger partial charge < -0.3 is 10.6 Å². The fourth-order valence-electron chi connectivity index (χ4n) is 2.33. The van der Waals surface area contributed by atoms with Crippen LogP contribution in [0.15, 0.2) is 12.3 Å². The fraction of sp³-hybridized carbons (Fsp3) is 0.667. The second-order valence-corrected chi connectivity index (χ2v) is 5.02. The molecule has 0 radical (unpaired) electrons. The van der Waals surface area contributed by atoms with Crippen molar-refractivity contribution in [3.05, 3.63) is 18.0 Å². The summed E-state index contributed by atoms with van der Waals surface area (Å²) in [6.07, 6.45) is -1.91. The van der Waals surface area contributed by atoms with Crippen LogP contribution in [0.3, 0.4) is 0 Å². The Balaban J connectivity index is 1.97. The van der Waals surface area contributed by atoms with Gasteiger partial charge >= 0.3 is 6.18 Å². The summed E-state index contributed by atoms with van der Waals surface area (Å²) in [6.45, 7) is 2.61. The highest BCUT2D eigenvalue weighted by atomic mass is 19.4. The number of rotatable bonds is 2. The van der Waals surface area contributed by atoms with Gasteiger partial charge in [-0.3, -0.25) is 9.48 Å². The maximum atomic E-state index is 12.5. The first kappa shape index (κ1) is 14.8. The van der Waals surface area contributed by atoms with Crippen LogP contribution < -0.4 is 5.73 Å². The highest BCUT2D eigenvalue weighted by Gasteiger charge is 2.34. The quantitative estimate of drug-likeness (QED) is 0.895. The van der Waals surface area contributed by atoms with Gasteiger partial charge in [0.25, 0.3) is 0 Å². The van der Waals surface area contributed by atoms with E-state index in [-0.39, 0.29) is 11.9 Å². The van der Waals surface area contributed by atoms with Crippen molar-refractivity contribution in [1.82, 2.24) is 14.7 Å². The van der Waals surface area contributed by atoms with E-state index >= 15 is 0 Å². The van der Waals surface area contributed by atoms with Gasteiger partial charge in [0, 0.05) is 19.3 Å². The molecule has 20 heavy (non-hydrogen) atoms. The zero-order valence-corrected chi connectivity index (χ0v) is 11.1. The minimum atomic E-state index is -4.42. The smallest absolute Gasteiger partial charge is 0.341 e. The number of hydrogen-bond acceptors (Lipinski definition) is 3. The maximum Gasteiger partial charge on any atom is 0.435 e. The average Bonchev–Trinajstić information content (AvgIpc) is 2.87. The van der Waals surface area contributed by atoms with Crippen molar-refractivity contribution in [1.29, 1.82) is 0 Å². The summed E-state index contributed by atoms with van der Waals surface area (Å²) >= 11 is 0. The Labute approximate surface area is 114 Å². The van der Waals surface area contributed by atoms with E-state index in [1.54, 1.807) is 11.8 Å². The summed E-state index contributed by atoms with van der Waals surface area (Å²) < 4.78 is 38.8. The summed E-state index contributed by atoms with van der Waals surface area (Å²) in [5.41, 5.74) is 4.65. The topological polar surface area (TPSA) is 64.2 Å². The van der Waals surface area contributed by atoms with Crippen molar-refractivity contribution in [2.24, 2.45) is 5.73 Å². The predicted molar refractivity (Wildman–Crippen MR) is 65.7 cm³/mol. The molecule has 5 nitrogen and oxygen atoms in total. The van der Waals surface area contributed by atoms with Crippen molar-refractivity contribution in [3.63, 3.8) is 0 Å². The first-order chi connectivity index (χ1) is 9.29. The lowest BCUT2D eigenvalue weighted by Crippen LogP contribution is -2.46. The van der Waals surface area contributed by atoms with Crippen LogP contribution >= 0.6 is 0 Å². The maximum absolute atomic E-state index is 12.5. The van der Waals surface area contributed by atoms with Gasteiger partial charge in [0.05, 0.1) is 12.1 Å². The van der Waals surface area contributed by atoms with E-state index < -0.39 is 17.9 Å². The lowest BCUT2D eigenvalue weighted by molar-refractivity contribution is -0.141. The Bertz CT molecular complexity index is 475. The Hall–Kier alpha value is -1.57. The molecular formula is C12H17F3N4O. The highest BCUT2D eigenvalue weighted by molar-refractivity contribution is 5.81. The van der Waals surface area contributed by atoms with Crippen molar-refractivity contribution < 1.29 is 18.0 Å². The lowest BCUT2D eigenvalue weighted by Gasteiger charge is -2.33. The summed E-state index contributed by atoms with van der Waals surface area (Å²) in [7, 11) is 0. The molecule has 0 aliphatic carbocycles. The Morgan fingerprint density at radius 3 is 2.50 bits per heavy atom. The van der Waals surface area contributed by atoms with Crippen LogP contribution in [-0.4, -0.2) is 39.7 Å². The molecule has 1 aliphatic rings. The number of nitrogens with zero attached hydrogens (tertiary/aromatic N) is 3. The first-order valence-corrected chi connectivity index (χ1v) is 6.46. The summed E-state index contributed by atoms with van der Waals surface area (Å²) in [6, 6.07) is 0.316. The molecule has 2 rings (SSSR count). The molecule has 2 N–H and O–H groups in total. The van der Waals surface area contributed by atoms with Gasteiger partial charge in [0.1, 0.15) is 0 Å². The third kappa shape index (κ3) is 3.12. The number of hydrogen-bond donors (Lipinski definition) is 1. The number of halogens is 3. The Kier molecular flexibility index (Phi) is 4.03. The van der Waals surface area contributed by atoms with E-state index in [0.717, 1.165) is 6.07 Å². The highest BCUT2D eigenvalue weighted by Crippen LogP contribution is 2.29. The van der Waals surface area contributed by atoms with Crippen LogP contribution in [0.2, 0.25) is 0 Å². The zero-order chi connectivity index (χ0) is 14.9. The molecule has 1 aromatic heterocycles. The van der Waals surface area contributed by atoms with Gasteiger partial charge in [-0.15, -0.1) is 0 Å². The summed E-state index contributed by atoms with van der Waals surface area (Å²) in [5.74, 6) is -0.125. The second kappa shape index (κ2) is 5.43. The number of carbonyl (C=O) groups excluding carboxylic acids is 1. The lowest BCUT2D eigenvalue weighted by atomic mass is 10.0. The van der Waals surface area contributed by atoms with Gasteiger partial charge in [0.2, 0.25) is 5.91 Å². The Morgan fingerprint density at radius 1 is 1.45 bits per heavy atom. The van der Waals surface area contributed by atoms with Crippen molar-refractivity contribution >= 4 is 5.91 Å². The van der Waals surface area contributed by atoms with Crippen LogP contribution in [-0.2, 0) is 11.0 Å². The molecule has 1 aliphatic heterocycles. The zero-order valence-electron chi connectivity index (χ0n) is 11.1. The number of amides is 1. The van der Waals surface area contributed by atoms with Crippen molar-refractivity contribution in [2.75, 3.05) is 13.1 Å². The normalized spacial score (nSPS) is 19.1. The largest absolute Gasteiger partial charge is 0.435 e. The molecule has 1 fully saturated rings. The van der Waals surface area contributed by atoms with Crippen LogP contribution in [0, 0.1) is 0 Å². The first-order valence-electron chi connectivity index (χ1n) is 6.46. The van der Waals surface area contributed by atoms with Gasteiger partial charge in [-0.05, 0) is 25.8 Å². The van der Waals surface area contributed by atoms with Crippen LogP contribution in [0.25, 0.3) is 0 Å². The summed E-state index contributed by atoms with van der Waals surface area (Å²) in [4.78, 5) is 13.4. The molecule has 8 heteroatoms. The number of likely N-dealkylation sites (tertiary alicyclic amines) is 1. The molecule has 0 bridgehead atoms.